The van der Waals surface area contributed by atoms with Gasteiger partial charge in [-0.05, 0) is 43.5 Å². The molecule has 1 aromatic carbocycles. The fraction of sp³-hybridized carbons (Fsp3) is 0.462. The molecule has 2 fully saturated rings. The number of nitrogens with one attached hydrogen (secondary N) is 1. The van der Waals surface area contributed by atoms with Crippen molar-refractivity contribution in [3.05, 3.63) is 53.7 Å². The van der Waals surface area contributed by atoms with Crippen LogP contribution in [0.1, 0.15) is 48.0 Å². The Balaban J connectivity index is 1.34. The number of aromatic nitrogens is 1. The predicted octanol–water partition coefficient (Wildman–Crippen LogP) is 3.82. The first kappa shape index (κ1) is 21.6. The van der Waals surface area contributed by atoms with E-state index < -0.39 is 5.60 Å². The third kappa shape index (κ3) is 3.90. The van der Waals surface area contributed by atoms with Crippen LogP contribution in [0, 0.1) is 11.3 Å². The number of rotatable bonds is 3. The van der Waals surface area contributed by atoms with Gasteiger partial charge in [0.25, 0.3) is 5.91 Å². The van der Waals surface area contributed by atoms with Crippen LogP contribution in [0.3, 0.4) is 0 Å². The van der Waals surface area contributed by atoms with Crippen molar-refractivity contribution in [2.75, 3.05) is 38.1 Å². The maximum Gasteiger partial charge on any atom is 0.254 e. The molecule has 1 aromatic heterocycles. The van der Waals surface area contributed by atoms with E-state index in [1.165, 1.54) is 25.5 Å². The molecule has 1 amide bonds. The maximum atomic E-state index is 13.3. The van der Waals surface area contributed by atoms with E-state index in [2.05, 4.69) is 14.9 Å². The molecule has 1 N–H and O–H groups in total. The smallest absolute Gasteiger partial charge is 0.254 e. The molecule has 5 rings (SSSR count). The first-order chi connectivity index (χ1) is 16.1. The summed E-state index contributed by atoms with van der Waals surface area (Å²) in [7, 11) is 1.78. The van der Waals surface area contributed by atoms with Gasteiger partial charge in [0, 0.05) is 69.6 Å². The maximum absolute atomic E-state index is 13.3. The number of benzene rings is 1. The lowest BCUT2D eigenvalue weighted by Gasteiger charge is -2.48. The number of anilines is 1. The van der Waals surface area contributed by atoms with E-state index in [0.717, 1.165) is 35.9 Å². The van der Waals surface area contributed by atoms with Gasteiger partial charge >= 0.3 is 0 Å². The Hall–Kier alpha value is -3.22. The molecule has 2 aromatic rings. The first-order valence-corrected chi connectivity index (χ1v) is 11.9. The number of pyridine rings is 1. The molecule has 0 saturated carbocycles. The minimum Gasteiger partial charge on any atom is -0.485 e. The standard InChI is InChI=1S/C26H31N5O2/c1-28-24-20-7-3-4-8-22(20)33-26(21(24)18-27)10-15-31(16-11-26)25(32)19-9-12-29-23(17-19)30-13-5-2-6-14-30/h3-4,7-9,12,17-18,21,27H,2,5-6,10-11,13-16H2,1H3. The van der Waals surface area contributed by atoms with Crippen LogP contribution in [-0.2, 0) is 0 Å². The molecule has 3 aliphatic heterocycles. The first-order valence-electron chi connectivity index (χ1n) is 11.9. The fourth-order valence-corrected chi connectivity index (χ4v) is 5.49. The number of fused-ring (bicyclic) bond motifs is 1. The van der Waals surface area contributed by atoms with Gasteiger partial charge in [0.1, 0.15) is 17.2 Å². The molecule has 3 aliphatic rings. The van der Waals surface area contributed by atoms with E-state index in [9.17, 15) is 4.79 Å². The van der Waals surface area contributed by atoms with Gasteiger partial charge in [-0.2, -0.15) is 0 Å². The van der Waals surface area contributed by atoms with E-state index in [1.54, 1.807) is 13.2 Å². The van der Waals surface area contributed by atoms with E-state index >= 15 is 0 Å². The molecule has 0 radical (unpaired) electrons. The van der Waals surface area contributed by atoms with Crippen molar-refractivity contribution in [2.24, 2.45) is 10.9 Å². The van der Waals surface area contributed by atoms with Crippen molar-refractivity contribution in [2.45, 2.75) is 37.7 Å². The number of nitrogens with zero attached hydrogens (tertiary/aromatic N) is 4. The van der Waals surface area contributed by atoms with E-state index in [4.69, 9.17) is 10.1 Å². The van der Waals surface area contributed by atoms with Crippen molar-refractivity contribution >= 4 is 23.7 Å². The van der Waals surface area contributed by atoms with Crippen LogP contribution in [0.4, 0.5) is 5.82 Å². The fourth-order valence-electron chi connectivity index (χ4n) is 5.49. The molecule has 1 spiro atoms. The average Bonchev–Trinajstić information content (AvgIpc) is 2.88. The second kappa shape index (κ2) is 8.96. The monoisotopic (exact) mass is 445 g/mol. The number of likely N-dealkylation sites (tertiary alicyclic amines) is 1. The lowest BCUT2D eigenvalue weighted by molar-refractivity contribution is -0.00862. The Morgan fingerprint density at radius 2 is 1.91 bits per heavy atom. The van der Waals surface area contributed by atoms with Crippen LogP contribution in [0.2, 0.25) is 0 Å². The molecule has 7 nitrogen and oxygen atoms in total. The summed E-state index contributed by atoms with van der Waals surface area (Å²) < 4.78 is 6.54. The highest BCUT2D eigenvalue weighted by Gasteiger charge is 2.49. The number of para-hydroxylation sites is 1. The summed E-state index contributed by atoms with van der Waals surface area (Å²) in [5.41, 5.74) is 2.00. The molecule has 0 aliphatic carbocycles. The summed E-state index contributed by atoms with van der Waals surface area (Å²) in [5, 5.41) is 8.15. The van der Waals surface area contributed by atoms with Crippen LogP contribution in [0.25, 0.3) is 0 Å². The third-order valence-corrected chi connectivity index (χ3v) is 7.31. The third-order valence-electron chi connectivity index (χ3n) is 7.31. The zero-order chi connectivity index (χ0) is 22.8. The van der Waals surface area contributed by atoms with E-state index in [-0.39, 0.29) is 11.8 Å². The SMILES string of the molecule is CN=C1c2ccccc2OC2(CCN(C(=O)c3ccnc(N4CCCCC4)c3)CC2)C1C=N. The summed E-state index contributed by atoms with van der Waals surface area (Å²) >= 11 is 0. The van der Waals surface area contributed by atoms with Crippen LogP contribution in [0.15, 0.2) is 47.6 Å². The highest BCUT2D eigenvalue weighted by molar-refractivity contribution is 6.12. The van der Waals surface area contributed by atoms with Crippen LogP contribution < -0.4 is 9.64 Å². The lowest BCUT2D eigenvalue weighted by Crippen LogP contribution is -2.58. The quantitative estimate of drug-likeness (QED) is 0.728. The molecule has 1 unspecified atom stereocenters. The second-order valence-corrected chi connectivity index (χ2v) is 9.16. The zero-order valence-corrected chi connectivity index (χ0v) is 19.2. The summed E-state index contributed by atoms with van der Waals surface area (Å²) in [6, 6.07) is 11.7. The Kier molecular flexibility index (Phi) is 5.87. The van der Waals surface area contributed by atoms with Crippen molar-refractivity contribution < 1.29 is 9.53 Å². The van der Waals surface area contributed by atoms with Gasteiger partial charge < -0.3 is 19.9 Å². The van der Waals surface area contributed by atoms with Gasteiger partial charge in [0.2, 0.25) is 0 Å². The molecule has 0 bridgehead atoms. The number of hydrogen-bond acceptors (Lipinski definition) is 6. The average molecular weight is 446 g/mol. The Morgan fingerprint density at radius 3 is 2.64 bits per heavy atom. The summed E-state index contributed by atoms with van der Waals surface area (Å²) in [6.07, 6.45) is 8.15. The van der Waals surface area contributed by atoms with Crippen molar-refractivity contribution in [1.29, 1.82) is 5.41 Å². The van der Waals surface area contributed by atoms with Crippen molar-refractivity contribution in [1.82, 2.24) is 9.88 Å². The molecule has 172 valence electrons. The Bertz CT molecular complexity index is 1070. The number of piperidine rings is 2. The molecule has 7 heteroatoms. The molecular weight excluding hydrogens is 414 g/mol. The molecule has 4 heterocycles. The largest absolute Gasteiger partial charge is 0.485 e. The minimum absolute atomic E-state index is 0.0394. The predicted molar refractivity (Wildman–Crippen MR) is 130 cm³/mol. The summed E-state index contributed by atoms with van der Waals surface area (Å²) in [5.74, 6) is 1.53. The van der Waals surface area contributed by atoms with Gasteiger partial charge in [-0.3, -0.25) is 9.79 Å². The number of hydrogen-bond donors (Lipinski definition) is 1. The van der Waals surface area contributed by atoms with Gasteiger partial charge in [-0.25, -0.2) is 4.98 Å². The summed E-state index contributed by atoms with van der Waals surface area (Å²) in [4.78, 5) is 26.6. The molecule has 33 heavy (non-hydrogen) atoms. The minimum atomic E-state index is -0.543. The lowest BCUT2D eigenvalue weighted by atomic mass is 9.73. The van der Waals surface area contributed by atoms with Gasteiger partial charge in [0.05, 0.1) is 11.6 Å². The zero-order valence-electron chi connectivity index (χ0n) is 19.2. The molecule has 2 saturated heterocycles. The molecular formula is C26H31N5O2. The molecule has 1 atom stereocenters. The van der Waals surface area contributed by atoms with Gasteiger partial charge in [-0.1, -0.05) is 12.1 Å². The van der Waals surface area contributed by atoms with Gasteiger partial charge in [0.15, 0.2) is 0 Å². The van der Waals surface area contributed by atoms with Crippen LogP contribution in [-0.4, -0.2) is 66.5 Å². The van der Waals surface area contributed by atoms with Crippen LogP contribution in [0.5, 0.6) is 5.75 Å². The number of aliphatic imine (C=N–C) groups is 1. The van der Waals surface area contributed by atoms with E-state index in [0.29, 0.717) is 31.5 Å². The van der Waals surface area contributed by atoms with Gasteiger partial charge in [-0.15, -0.1) is 0 Å². The number of carbonyl (C=O) groups is 1. The highest BCUT2D eigenvalue weighted by Crippen LogP contribution is 2.42. The number of carbonyl (C=O) groups excluding carboxylic acids is 1. The van der Waals surface area contributed by atoms with Crippen LogP contribution >= 0.6 is 0 Å². The second-order valence-electron chi connectivity index (χ2n) is 9.16. The normalized spacial score (nSPS) is 23.2. The number of amides is 1. The topological polar surface area (TPSA) is 81.9 Å². The number of ether oxygens (including phenoxy) is 1. The summed E-state index contributed by atoms with van der Waals surface area (Å²) in [6.45, 7) is 3.18. The van der Waals surface area contributed by atoms with Crippen molar-refractivity contribution in [3.8, 4) is 5.75 Å². The van der Waals surface area contributed by atoms with Crippen molar-refractivity contribution in [3.63, 3.8) is 0 Å². The van der Waals surface area contributed by atoms with E-state index in [1.807, 2.05) is 41.3 Å². The Labute approximate surface area is 195 Å². The highest BCUT2D eigenvalue weighted by atomic mass is 16.5. The Morgan fingerprint density at radius 1 is 1.15 bits per heavy atom.